The van der Waals surface area contributed by atoms with E-state index in [-0.39, 0.29) is 11.9 Å². The summed E-state index contributed by atoms with van der Waals surface area (Å²) in [7, 11) is 0. The Morgan fingerprint density at radius 2 is 2.07 bits per heavy atom. The maximum Gasteiger partial charge on any atom is 0.231 e. The fraction of sp³-hybridized carbons (Fsp3) is 0.300. The van der Waals surface area contributed by atoms with Crippen molar-refractivity contribution < 1.29 is 4.79 Å². The Bertz CT molecular complexity index is 312. The van der Waals surface area contributed by atoms with Gasteiger partial charge in [0.2, 0.25) is 5.91 Å². The summed E-state index contributed by atoms with van der Waals surface area (Å²) in [5.41, 5.74) is 1.05. The minimum Gasteiger partial charge on any atom is -0.349 e. The highest BCUT2D eigenvalue weighted by Crippen LogP contribution is 2.15. The van der Waals surface area contributed by atoms with Crippen LogP contribution in [0.1, 0.15) is 18.5 Å². The van der Waals surface area contributed by atoms with Crippen molar-refractivity contribution >= 4 is 33.4 Å². The molecule has 1 rings (SSSR count). The second-order valence-corrected chi connectivity index (χ2v) is 3.97. The predicted octanol–water partition coefficient (Wildman–Crippen LogP) is 2.91. The lowest BCUT2D eigenvalue weighted by Gasteiger charge is -2.13. The second-order valence-electron chi connectivity index (χ2n) is 2.97. The van der Waals surface area contributed by atoms with Crippen molar-refractivity contribution in [2.75, 3.05) is 5.33 Å². The average molecular weight is 277 g/mol. The number of amides is 1. The highest BCUT2D eigenvalue weighted by atomic mass is 79.9. The first-order valence-electron chi connectivity index (χ1n) is 4.24. The lowest BCUT2D eigenvalue weighted by molar-refractivity contribution is -0.119. The number of nitrogens with one attached hydrogen (secondary N) is 1. The molecular formula is C10H11BrClNO. The minimum atomic E-state index is -0.0209. The summed E-state index contributed by atoms with van der Waals surface area (Å²) >= 11 is 8.85. The first kappa shape index (κ1) is 11.5. The molecule has 0 heterocycles. The van der Waals surface area contributed by atoms with Crippen molar-refractivity contribution in [1.82, 2.24) is 5.32 Å². The fourth-order valence-corrected chi connectivity index (χ4v) is 1.40. The van der Waals surface area contributed by atoms with Crippen molar-refractivity contribution in [3.05, 3.63) is 34.9 Å². The van der Waals surface area contributed by atoms with Crippen LogP contribution in [0.25, 0.3) is 0 Å². The maximum atomic E-state index is 11.1. The Kier molecular flexibility index (Phi) is 4.42. The number of carbonyl (C=O) groups is 1. The second kappa shape index (κ2) is 5.37. The van der Waals surface area contributed by atoms with Gasteiger partial charge in [0.1, 0.15) is 0 Å². The zero-order valence-electron chi connectivity index (χ0n) is 7.76. The molecule has 14 heavy (non-hydrogen) atoms. The molecule has 1 N–H and O–H groups in total. The van der Waals surface area contributed by atoms with Gasteiger partial charge in [0.05, 0.1) is 11.4 Å². The van der Waals surface area contributed by atoms with Crippen LogP contribution in [0.3, 0.4) is 0 Å². The van der Waals surface area contributed by atoms with Crippen LogP contribution in [-0.4, -0.2) is 11.2 Å². The number of carbonyl (C=O) groups excluding carboxylic acids is 1. The van der Waals surface area contributed by atoms with E-state index in [1.165, 1.54) is 0 Å². The largest absolute Gasteiger partial charge is 0.349 e. The molecule has 0 aliphatic carbocycles. The number of hydrogen-bond acceptors (Lipinski definition) is 1. The Labute approximate surface area is 96.8 Å². The van der Waals surface area contributed by atoms with Crippen LogP contribution in [0, 0.1) is 0 Å². The maximum absolute atomic E-state index is 11.1. The fourth-order valence-electron chi connectivity index (χ4n) is 1.11. The summed E-state index contributed by atoms with van der Waals surface area (Å²) < 4.78 is 0. The normalized spacial score (nSPS) is 12.2. The third-order valence-electron chi connectivity index (χ3n) is 1.87. The molecule has 1 amide bonds. The first-order chi connectivity index (χ1) is 6.63. The number of benzene rings is 1. The smallest absolute Gasteiger partial charge is 0.231 e. The van der Waals surface area contributed by atoms with Crippen molar-refractivity contribution in [2.24, 2.45) is 0 Å². The highest BCUT2D eigenvalue weighted by Gasteiger charge is 2.07. The van der Waals surface area contributed by atoms with Crippen LogP contribution in [0.5, 0.6) is 0 Å². The van der Waals surface area contributed by atoms with Gasteiger partial charge in [-0.1, -0.05) is 39.7 Å². The molecule has 0 spiro atoms. The molecule has 1 aromatic rings. The molecule has 76 valence electrons. The summed E-state index contributed by atoms with van der Waals surface area (Å²) in [4.78, 5) is 11.1. The minimum absolute atomic E-state index is 0.0114. The number of alkyl halides is 1. The van der Waals surface area contributed by atoms with Gasteiger partial charge in [-0.2, -0.15) is 0 Å². The van der Waals surface area contributed by atoms with Crippen molar-refractivity contribution in [2.45, 2.75) is 13.0 Å². The van der Waals surface area contributed by atoms with Gasteiger partial charge in [0.25, 0.3) is 0 Å². The van der Waals surface area contributed by atoms with Crippen molar-refractivity contribution in [3.8, 4) is 0 Å². The Balaban J connectivity index is 2.65. The van der Waals surface area contributed by atoms with E-state index in [1.54, 1.807) is 0 Å². The molecule has 2 nitrogen and oxygen atoms in total. The summed E-state index contributed by atoms with van der Waals surface area (Å²) in [6.45, 7) is 1.93. The molecule has 1 atom stereocenters. The van der Waals surface area contributed by atoms with Crippen LogP contribution in [-0.2, 0) is 4.79 Å². The lowest BCUT2D eigenvalue weighted by Crippen LogP contribution is -2.27. The summed E-state index contributed by atoms with van der Waals surface area (Å²) in [5.74, 6) is -0.0209. The molecule has 0 saturated carbocycles. The van der Waals surface area contributed by atoms with Crippen LogP contribution < -0.4 is 5.32 Å². The Morgan fingerprint density at radius 1 is 1.50 bits per heavy atom. The standard InChI is InChI=1S/C10H11BrClNO/c1-7(13-10(14)6-11)8-2-4-9(12)5-3-8/h2-5,7H,6H2,1H3,(H,13,14)/t7-/m0/s1. The SMILES string of the molecule is C[C@H](NC(=O)CBr)c1ccc(Cl)cc1. The van der Waals surface area contributed by atoms with Crippen molar-refractivity contribution in [1.29, 1.82) is 0 Å². The van der Waals surface area contributed by atoms with E-state index in [4.69, 9.17) is 11.6 Å². The molecule has 0 unspecified atom stereocenters. The van der Waals surface area contributed by atoms with E-state index in [2.05, 4.69) is 21.2 Å². The molecule has 1 aromatic carbocycles. The van der Waals surface area contributed by atoms with Gasteiger partial charge in [0.15, 0.2) is 0 Å². The van der Waals surface area contributed by atoms with E-state index in [0.29, 0.717) is 10.4 Å². The molecule has 0 bridgehead atoms. The van der Waals surface area contributed by atoms with Gasteiger partial charge >= 0.3 is 0 Å². The Morgan fingerprint density at radius 3 is 2.57 bits per heavy atom. The summed E-state index contributed by atoms with van der Waals surface area (Å²) in [6, 6.07) is 7.45. The van der Waals surface area contributed by atoms with Gasteiger partial charge in [0, 0.05) is 5.02 Å². The van der Waals surface area contributed by atoms with Gasteiger partial charge in [-0.3, -0.25) is 4.79 Å². The molecule has 0 saturated heterocycles. The van der Waals surface area contributed by atoms with E-state index >= 15 is 0 Å². The van der Waals surface area contributed by atoms with E-state index in [0.717, 1.165) is 5.56 Å². The van der Waals surface area contributed by atoms with Crippen LogP contribution in [0.4, 0.5) is 0 Å². The molecule has 4 heteroatoms. The first-order valence-corrected chi connectivity index (χ1v) is 5.74. The molecule has 0 aliphatic heterocycles. The number of hydrogen-bond donors (Lipinski definition) is 1. The van der Waals surface area contributed by atoms with E-state index in [1.807, 2.05) is 31.2 Å². The lowest BCUT2D eigenvalue weighted by atomic mass is 10.1. The van der Waals surface area contributed by atoms with Gasteiger partial charge in [-0.05, 0) is 24.6 Å². The molecule has 0 aliphatic rings. The van der Waals surface area contributed by atoms with Gasteiger partial charge < -0.3 is 5.32 Å². The average Bonchev–Trinajstić information content (AvgIpc) is 2.18. The predicted molar refractivity (Wildman–Crippen MR) is 61.8 cm³/mol. The van der Waals surface area contributed by atoms with E-state index in [9.17, 15) is 4.79 Å². The van der Waals surface area contributed by atoms with Crippen LogP contribution in [0.2, 0.25) is 5.02 Å². The molecule has 0 fully saturated rings. The summed E-state index contributed by atoms with van der Waals surface area (Å²) in [6.07, 6.45) is 0. The van der Waals surface area contributed by atoms with E-state index < -0.39 is 0 Å². The van der Waals surface area contributed by atoms with Crippen molar-refractivity contribution in [3.63, 3.8) is 0 Å². The van der Waals surface area contributed by atoms with Gasteiger partial charge in [-0.25, -0.2) is 0 Å². The monoisotopic (exact) mass is 275 g/mol. The molecule has 0 radical (unpaired) electrons. The van der Waals surface area contributed by atoms with Crippen LogP contribution in [0.15, 0.2) is 24.3 Å². The third kappa shape index (κ3) is 3.31. The highest BCUT2D eigenvalue weighted by molar-refractivity contribution is 9.09. The third-order valence-corrected chi connectivity index (χ3v) is 2.63. The topological polar surface area (TPSA) is 29.1 Å². The number of halogens is 2. The quantitative estimate of drug-likeness (QED) is 0.845. The zero-order chi connectivity index (χ0) is 10.6. The van der Waals surface area contributed by atoms with Gasteiger partial charge in [-0.15, -0.1) is 0 Å². The molecule has 0 aromatic heterocycles. The number of rotatable bonds is 3. The zero-order valence-corrected chi connectivity index (χ0v) is 10.1. The Hall–Kier alpha value is -0.540. The van der Waals surface area contributed by atoms with Crippen LogP contribution >= 0.6 is 27.5 Å². The summed E-state index contributed by atoms with van der Waals surface area (Å²) in [5, 5.41) is 3.86. The molecular weight excluding hydrogens is 265 g/mol.